The fraction of sp³-hybridized carbons (Fsp3) is 0.0667. The topological polar surface area (TPSA) is 74.6 Å². The molecule has 0 atom stereocenters. The molecule has 0 saturated heterocycles. The van der Waals surface area contributed by atoms with Gasteiger partial charge in [0.05, 0.1) is 11.1 Å². The summed E-state index contributed by atoms with van der Waals surface area (Å²) < 4.78 is 75.0. The van der Waals surface area contributed by atoms with Gasteiger partial charge in [-0.15, -0.1) is 0 Å². The van der Waals surface area contributed by atoms with Crippen molar-refractivity contribution in [1.29, 1.82) is 0 Å². The van der Waals surface area contributed by atoms with Crippen molar-refractivity contribution in [2.75, 3.05) is 0 Å². The molecule has 0 unspecified atom stereocenters. The van der Waals surface area contributed by atoms with Crippen molar-refractivity contribution in [1.82, 2.24) is 0 Å². The molecule has 2 aromatic rings. The zero-order chi connectivity index (χ0) is 19.5. The Morgan fingerprint density at radius 2 is 1.20 bits per heavy atom. The van der Waals surface area contributed by atoms with Crippen LogP contribution in [-0.4, -0.2) is 22.2 Å². The molecular formula is C15H8F6O4. The third-order valence-electron chi connectivity index (χ3n) is 2.82. The standard InChI is InChI=1S/C8H5F3O2.C7H3F3O2/c1-3-2-4(8(12)13)6(10)7(11)5(3)9;8-4-2-1-3(7(11)12)5(9)6(4)10/h2H,1H3,(H,12,13);1-2H,(H,11,12). The lowest BCUT2D eigenvalue weighted by Gasteiger charge is -2.02. The van der Waals surface area contributed by atoms with Gasteiger partial charge < -0.3 is 10.2 Å². The smallest absolute Gasteiger partial charge is 0.338 e. The molecule has 0 heterocycles. The summed E-state index contributed by atoms with van der Waals surface area (Å²) in [5.41, 5.74) is -1.98. The molecule has 4 nitrogen and oxygen atoms in total. The average molecular weight is 366 g/mol. The van der Waals surface area contributed by atoms with Gasteiger partial charge in [0.2, 0.25) is 0 Å². The molecule has 0 fully saturated rings. The van der Waals surface area contributed by atoms with Crippen LogP contribution in [-0.2, 0) is 0 Å². The number of hydrogen-bond donors (Lipinski definition) is 2. The van der Waals surface area contributed by atoms with Crippen molar-refractivity contribution in [2.45, 2.75) is 6.92 Å². The number of aryl methyl sites for hydroxylation is 1. The van der Waals surface area contributed by atoms with Crippen LogP contribution in [0, 0.1) is 41.8 Å². The van der Waals surface area contributed by atoms with Crippen molar-refractivity contribution in [3.8, 4) is 0 Å². The highest BCUT2D eigenvalue weighted by molar-refractivity contribution is 5.88. The van der Waals surface area contributed by atoms with Crippen LogP contribution < -0.4 is 0 Å². The number of hydrogen-bond acceptors (Lipinski definition) is 2. The summed E-state index contributed by atoms with van der Waals surface area (Å²) in [6.45, 7) is 1.16. The minimum absolute atomic E-state index is 0.240. The summed E-state index contributed by atoms with van der Waals surface area (Å²) in [6.07, 6.45) is 0. The molecule has 10 heteroatoms. The quantitative estimate of drug-likeness (QED) is 0.624. The summed E-state index contributed by atoms with van der Waals surface area (Å²) >= 11 is 0. The predicted octanol–water partition coefficient (Wildman–Crippen LogP) is 3.91. The number of carbonyl (C=O) groups is 2. The Labute approximate surface area is 135 Å². The van der Waals surface area contributed by atoms with Gasteiger partial charge in [-0.25, -0.2) is 35.9 Å². The second-order valence-corrected chi connectivity index (χ2v) is 4.52. The first-order chi connectivity index (χ1) is 11.5. The predicted molar refractivity (Wildman–Crippen MR) is 71.3 cm³/mol. The SMILES string of the molecule is Cc1cc(C(=O)O)c(F)c(F)c1F.O=C(O)c1ccc(F)c(F)c1F. The van der Waals surface area contributed by atoms with Crippen molar-refractivity contribution >= 4 is 11.9 Å². The van der Waals surface area contributed by atoms with Gasteiger partial charge in [0, 0.05) is 0 Å². The fourth-order valence-electron chi connectivity index (χ4n) is 1.58. The molecule has 0 aliphatic rings. The van der Waals surface area contributed by atoms with Gasteiger partial charge in [0.25, 0.3) is 0 Å². The minimum Gasteiger partial charge on any atom is -0.478 e. The zero-order valence-electron chi connectivity index (χ0n) is 12.2. The first kappa shape index (κ1) is 20.0. The van der Waals surface area contributed by atoms with Crippen LogP contribution in [0.5, 0.6) is 0 Å². The fourth-order valence-corrected chi connectivity index (χ4v) is 1.58. The lowest BCUT2D eigenvalue weighted by atomic mass is 10.1. The minimum atomic E-state index is -1.77. The maximum Gasteiger partial charge on any atom is 0.338 e. The van der Waals surface area contributed by atoms with Crippen molar-refractivity contribution < 1.29 is 46.1 Å². The Hall–Kier alpha value is -3.04. The van der Waals surface area contributed by atoms with Gasteiger partial charge in [0.15, 0.2) is 34.9 Å². The Morgan fingerprint density at radius 1 is 0.720 bits per heavy atom. The van der Waals surface area contributed by atoms with Crippen molar-refractivity contribution in [3.05, 3.63) is 69.8 Å². The number of benzene rings is 2. The van der Waals surface area contributed by atoms with E-state index in [1.54, 1.807) is 0 Å². The van der Waals surface area contributed by atoms with Gasteiger partial charge >= 0.3 is 11.9 Å². The molecule has 0 amide bonds. The largest absolute Gasteiger partial charge is 0.478 e. The molecule has 25 heavy (non-hydrogen) atoms. The normalized spacial score (nSPS) is 10.0. The van der Waals surface area contributed by atoms with E-state index in [1.807, 2.05) is 0 Å². The highest BCUT2D eigenvalue weighted by Gasteiger charge is 2.20. The lowest BCUT2D eigenvalue weighted by molar-refractivity contribution is 0.0679. The molecule has 0 saturated carbocycles. The van der Waals surface area contributed by atoms with Gasteiger partial charge in [-0.05, 0) is 30.7 Å². The third-order valence-corrected chi connectivity index (χ3v) is 2.82. The molecule has 2 rings (SSSR count). The van der Waals surface area contributed by atoms with Gasteiger partial charge in [-0.3, -0.25) is 0 Å². The Morgan fingerprint density at radius 3 is 1.68 bits per heavy atom. The van der Waals surface area contributed by atoms with Crippen LogP contribution in [0.3, 0.4) is 0 Å². The lowest BCUT2D eigenvalue weighted by Crippen LogP contribution is -2.06. The number of rotatable bonds is 2. The summed E-state index contributed by atoms with van der Waals surface area (Å²) in [4.78, 5) is 20.5. The summed E-state index contributed by atoms with van der Waals surface area (Å²) in [5.74, 6) is -12.9. The van der Waals surface area contributed by atoms with E-state index in [0.717, 1.165) is 13.0 Å². The number of aromatic carboxylic acids is 2. The van der Waals surface area contributed by atoms with Crippen molar-refractivity contribution in [3.63, 3.8) is 0 Å². The summed E-state index contributed by atoms with van der Waals surface area (Å²) in [5, 5.41) is 16.6. The molecule has 0 radical (unpaired) electrons. The van der Waals surface area contributed by atoms with Crippen molar-refractivity contribution in [2.24, 2.45) is 0 Å². The third kappa shape index (κ3) is 4.28. The van der Waals surface area contributed by atoms with Crippen LogP contribution in [0.1, 0.15) is 26.3 Å². The van der Waals surface area contributed by atoms with Crippen LogP contribution in [0.15, 0.2) is 18.2 Å². The van der Waals surface area contributed by atoms with E-state index in [0.29, 0.717) is 12.1 Å². The van der Waals surface area contributed by atoms with Crippen LogP contribution in [0.4, 0.5) is 26.3 Å². The monoisotopic (exact) mass is 366 g/mol. The van der Waals surface area contributed by atoms with E-state index >= 15 is 0 Å². The zero-order valence-corrected chi connectivity index (χ0v) is 12.2. The first-order valence-corrected chi connectivity index (χ1v) is 6.23. The molecule has 0 aromatic heterocycles. The molecule has 0 aliphatic heterocycles. The Balaban J connectivity index is 0.000000251. The molecule has 134 valence electrons. The number of carboxylic acids is 2. The molecule has 0 aliphatic carbocycles. The van der Waals surface area contributed by atoms with Crippen LogP contribution >= 0.6 is 0 Å². The first-order valence-electron chi connectivity index (χ1n) is 6.23. The van der Waals surface area contributed by atoms with E-state index < -0.39 is 58.0 Å². The van der Waals surface area contributed by atoms with E-state index in [9.17, 15) is 35.9 Å². The molecule has 2 aromatic carbocycles. The van der Waals surface area contributed by atoms with Gasteiger partial charge in [-0.1, -0.05) is 0 Å². The van der Waals surface area contributed by atoms with E-state index in [1.165, 1.54) is 0 Å². The maximum atomic E-state index is 12.7. The second-order valence-electron chi connectivity index (χ2n) is 4.52. The summed E-state index contributed by atoms with van der Waals surface area (Å²) in [7, 11) is 0. The van der Waals surface area contributed by atoms with Gasteiger partial charge in [0.1, 0.15) is 0 Å². The molecule has 2 N–H and O–H groups in total. The van der Waals surface area contributed by atoms with Crippen LogP contribution in [0.2, 0.25) is 0 Å². The molecule has 0 bridgehead atoms. The molecular weight excluding hydrogens is 358 g/mol. The number of halogens is 6. The second kappa shape index (κ2) is 7.69. The average Bonchev–Trinajstić information content (AvgIpc) is 2.54. The Kier molecular flexibility index (Phi) is 6.15. The highest BCUT2D eigenvalue weighted by Crippen LogP contribution is 2.19. The van der Waals surface area contributed by atoms with Gasteiger partial charge in [-0.2, -0.15) is 0 Å². The molecule has 0 spiro atoms. The number of carboxylic acid groups (broad SMARTS) is 2. The van der Waals surface area contributed by atoms with E-state index in [4.69, 9.17) is 10.2 Å². The van der Waals surface area contributed by atoms with E-state index in [-0.39, 0.29) is 5.56 Å². The summed E-state index contributed by atoms with van der Waals surface area (Å²) in [6, 6.07) is 1.97. The maximum absolute atomic E-state index is 12.7. The Bertz CT molecular complexity index is 851. The van der Waals surface area contributed by atoms with E-state index in [2.05, 4.69) is 0 Å². The highest BCUT2D eigenvalue weighted by atomic mass is 19.2. The van der Waals surface area contributed by atoms with Crippen LogP contribution in [0.25, 0.3) is 0 Å².